The number of carboxylic acids is 1. The molecule has 4 nitrogen and oxygen atoms in total. The van der Waals surface area contributed by atoms with Crippen molar-refractivity contribution in [1.29, 1.82) is 0 Å². The summed E-state index contributed by atoms with van der Waals surface area (Å²) in [6.07, 6.45) is 1.73. The molecule has 0 aliphatic carbocycles. The predicted octanol–water partition coefficient (Wildman–Crippen LogP) is 4.44. The van der Waals surface area contributed by atoms with Crippen LogP contribution in [0.2, 0.25) is 5.02 Å². The van der Waals surface area contributed by atoms with Crippen LogP contribution in [0.4, 0.5) is 5.69 Å². The molecule has 2 aromatic carbocycles. The maximum Gasteiger partial charge on any atom is 0.335 e. The molecule has 0 spiro atoms. The van der Waals surface area contributed by atoms with Crippen LogP contribution in [0.1, 0.15) is 15.9 Å². The molecule has 1 heterocycles. The van der Waals surface area contributed by atoms with E-state index < -0.39 is 5.97 Å². The topological polar surface area (TPSA) is 57.6 Å². The van der Waals surface area contributed by atoms with Crippen LogP contribution >= 0.6 is 35.6 Å². The highest BCUT2D eigenvalue weighted by atomic mass is 35.5. The van der Waals surface area contributed by atoms with E-state index in [0.29, 0.717) is 19.9 Å². The average molecular weight is 376 g/mol. The molecule has 1 amide bonds. The van der Waals surface area contributed by atoms with Crippen LogP contribution in [0.15, 0.2) is 53.4 Å². The number of aromatic carboxylic acids is 1. The number of hydrogen-bond acceptors (Lipinski definition) is 4. The van der Waals surface area contributed by atoms with Gasteiger partial charge in [-0.1, -0.05) is 53.8 Å². The molecule has 24 heavy (non-hydrogen) atoms. The van der Waals surface area contributed by atoms with E-state index in [0.717, 1.165) is 5.56 Å². The summed E-state index contributed by atoms with van der Waals surface area (Å²) >= 11 is 12.3. The zero-order valence-corrected chi connectivity index (χ0v) is 14.5. The van der Waals surface area contributed by atoms with Gasteiger partial charge in [0.25, 0.3) is 5.91 Å². The highest BCUT2D eigenvalue weighted by molar-refractivity contribution is 8.27. The van der Waals surface area contributed by atoms with Gasteiger partial charge in [0.15, 0.2) is 4.32 Å². The molecule has 1 saturated heterocycles. The van der Waals surface area contributed by atoms with Gasteiger partial charge in [0.2, 0.25) is 0 Å². The van der Waals surface area contributed by atoms with Crippen molar-refractivity contribution in [2.45, 2.75) is 0 Å². The standard InChI is InChI=1S/C17H10ClNO3S2/c18-12-6-4-10(5-7-12)8-14-15(20)19(17(23)24-14)13-3-1-2-11(9-13)16(21)22/h1-9H,(H,21,22). The second-order valence-electron chi connectivity index (χ2n) is 4.92. The van der Waals surface area contributed by atoms with E-state index in [2.05, 4.69) is 0 Å². The first-order chi connectivity index (χ1) is 11.5. The Labute approximate surface area is 152 Å². The summed E-state index contributed by atoms with van der Waals surface area (Å²) in [6.45, 7) is 0. The van der Waals surface area contributed by atoms with Crippen molar-refractivity contribution in [3.05, 3.63) is 69.6 Å². The molecule has 7 heteroatoms. The van der Waals surface area contributed by atoms with Gasteiger partial charge in [0.05, 0.1) is 16.2 Å². The van der Waals surface area contributed by atoms with Crippen molar-refractivity contribution in [3.63, 3.8) is 0 Å². The largest absolute Gasteiger partial charge is 0.478 e. The molecule has 0 saturated carbocycles. The summed E-state index contributed by atoms with van der Waals surface area (Å²) in [5.74, 6) is -1.33. The fourth-order valence-electron chi connectivity index (χ4n) is 2.18. The lowest BCUT2D eigenvalue weighted by Gasteiger charge is -2.14. The SMILES string of the molecule is O=C(O)c1cccc(N2C(=O)C(=Cc3ccc(Cl)cc3)SC2=S)c1. The molecule has 0 atom stereocenters. The second-order valence-corrected chi connectivity index (χ2v) is 7.04. The number of hydrogen-bond donors (Lipinski definition) is 1. The van der Waals surface area contributed by atoms with Gasteiger partial charge >= 0.3 is 5.97 Å². The average Bonchev–Trinajstić information content (AvgIpc) is 2.83. The first-order valence-corrected chi connectivity index (χ1v) is 8.43. The molecule has 0 bridgehead atoms. The molecule has 3 rings (SSSR count). The van der Waals surface area contributed by atoms with Crippen molar-refractivity contribution >= 4 is 63.5 Å². The van der Waals surface area contributed by atoms with Crippen LogP contribution in [0.25, 0.3) is 6.08 Å². The number of amides is 1. The Hall–Kier alpha value is -2.15. The first kappa shape index (κ1) is 16.7. The van der Waals surface area contributed by atoms with Crippen LogP contribution in [0.3, 0.4) is 0 Å². The number of nitrogens with zero attached hydrogens (tertiary/aromatic N) is 1. The van der Waals surface area contributed by atoms with Gasteiger partial charge in [0, 0.05) is 5.02 Å². The normalized spacial score (nSPS) is 16.0. The van der Waals surface area contributed by atoms with Gasteiger partial charge in [-0.3, -0.25) is 9.69 Å². The van der Waals surface area contributed by atoms with Crippen LogP contribution in [-0.2, 0) is 4.79 Å². The van der Waals surface area contributed by atoms with Crippen molar-refractivity contribution in [2.75, 3.05) is 4.90 Å². The van der Waals surface area contributed by atoms with Gasteiger partial charge in [-0.2, -0.15) is 0 Å². The number of thiocarbonyl (C=S) groups is 1. The Morgan fingerprint density at radius 3 is 2.58 bits per heavy atom. The third-order valence-corrected chi connectivity index (χ3v) is 4.87. The lowest BCUT2D eigenvalue weighted by molar-refractivity contribution is -0.113. The van der Waals surface area contributed by atoms with E-state index in [1.54, 1.807) is 42.5 Å². The molecule has 0 unspecified atom stereocenters. The minimum Gasteiger partial charge on any atom is -0.478 e. The Balaban J connectivity index is 1.93. The van der Waals surface area contributed by atoms with Gasteiger partial charge in [0.1, 0.15) is 0 Å². The van der Waals surface area contributed by atoms with Crippen molar-refractivity contribution in [2.24, 2.45) is 0 Å². The van der Waals surface area contributed by atoms with Crippen LogP contribution in [-0.4, -0.2) is 21.3 Å². The Morgan fingerprint density at radius 2 is 1.92 bits per heavy atom. The van der Waals surface area contributed by atoms with E-state index in [-0.39, 0.29) is 11.5 Å². The van der Waals surface area contributed by atoms with Crippen molar-refractivity contribution in [3.8, 4) is 0 Å². The number of anilines is 1. The third-order valence-electron chi connectivity index (χ3n) is 3.31. The molecule has 0 aromatic heterocycles. The number of benzene rings is 2. The van der Waals surface area contributed by atoms with Gasteiger partial charge in [-0.15, -0.1) is 0 Å². The van der Waals surface area contributed by atoms with Crippen LogP contribution in [0.5, 0.6) is 0 Å². The summed E-state index contributed by atoms with van der Waals surface area (Å²) in [5.41, 5.74) is 1.37. The maximum atomic E-state index is 12.6. The zero-order chi connectivity index (χ0) is 17.3. The quantitative estimate of drug-likeness (QED) is 0.634. The number of carbonyl (C=O) groups excluding carboxylic acids is 1. The second kappa shape index (κ2) is 6.76. The molecule has 1 N–H and O–H groups in total. The summed E-state index contributed by atoms with van der Waals surface area (Å²) in [6, 6.07) is 13.2. The van der Waals surface area contributed by atoms with Gasteiger partial charge < -0.3 is 5.11 Å². The molecule has 1 aliphatic rings. The lowest BCUT2D eigenvalue weighted by Crippen LogP contribution is -2.27. The zero-order valence-electron chi connectivity index (χ0n) is 12.1. The Morgan fingerprint density at radius 1 is 1.21 bits per heavy atom. The van der Waals surface area contributed by atoms with Crippen molar-refractivity contribution < 1.29 is 14.7 Å². The summed E-state index contributed by atoms with van der Waals surface area (Å²) in [7, 11) is 0. The predicted molar refractivity (Wildman–Crippen MR) is 101 cm³/mol. The molecular weight excluding hydrogens is 366 g/mol. The molecule has 0 radical (unpaired) electrons. The van der Waals surface area contributed by atoms with E-state index >= 15 is 0 Å². The lowest BCUT2D eigenvalue weighted by atomic mass is 10.2. The number of carboxylic acid groups (broad SMARTS) is 1. The number of halogens is 1. The summed E-state index contributed by atoms with van der Waals surface area (Å²) in [5, 5.41) is 9.71. The van der Waals surface area contributed by atoms with Crippen molar-refractivity contribution in [1.82, 2.24) is 0 Å². The molecule has 1 aliphatic heterocycles. The first-order valence-electron chi connectivity index (χ1n) is 6.82. The minimum atomic E-state index is -1.06. The van der Waals surface area contributed by atoms with E-state index in [1.807, 2.05) is 0 Å². The molecular formula is C17H10ClNO3S2. The highest BCUT2D eigenvalue weighted by Crippen LogP contribution is 2.36. The third kappa shape index (κ3) is 3.36. The Bertz CT molecular complexity index is 878. The van der Waals surface area contributed by atoms with Gasteiger partial charge in [-0.05, 0) is 42.0 Å². The number of rotatable bonds is 3. The monoisotopic (exact) mass is 375 g/mol. The van der Waals surface area contributed by atoms with E-state index in [1.165, 1.54) is 28.8 Å². The Kier molecular flexibility index (Phi) is 4.71. The summed E-state index contributed by atoms with van der Waals surface area (Å²) in [4.78, 5) is 25.6. The maximum absolute atomic E-state index is 12.6. The fraction of sp³-hybridized carbons (Fsp3) is 0. The van der Waals surface area contributed by atoms with Crippen LogP contribution < -0.4 is 4.90 Å². The number of carbonyl (C=O) groups is 2. The molecule has 120 valence electrons. The minimum absolute atomic E-state index is 0.100. The smallest absolute Gasteiger partial charge is 0.335 e. The van der Waals surface area contributed by atoms with Gasteiger partial charge in [-0.25, -0.2) is 4.79 Å². The number of thioether (sulfide) groups is 1. The van der Waals surface area contributed by atoms with Crippen LogP contribution in [0, 0.1) is 0 Å². The van der Waals surface area contributed by atoms with E-state index in [9.17, 15) is 9.59 Å². The van der Waals surface area contributed by atoms with E-state index in [4.69, 9.17) is 28.9 Å². The summed E-state index contributed by atoms with van der Waals surface area (Å²) < 4.78 is 0.364. The fourth-order valence-corrected chi connectivity index (χ4v) is 3.60. The highest BCUT2D eigenvalue weighted by Gasteiger charge is 2.33. The molecule has 1 fully saturated rings. The molecule has 2 aromatic rings.